The fraction of sp³-hybridized carbons (Fsp3) is 0.350. The largest absolute Gasteiger partial charge is 0.335 e. The quantitative estimate of drug-likeness (QED) is 0.831. The van der Waals surface area contributed by atoms with Gasteiger partial charge in [-0.25, -0.2) is 8.42 Å². The third-order valence-corrected chi connectivity index (χ3v) is 7.32. The molecule has 2 aromatic carbocycles. The highest BCUT2D eigenvalue weighted by Gasteiger charge is 2.30. The predicted molar refractivity (Wildman–Crippen MR) is 104 cm³/mol. The standard InChI is InChI=1S/C20H23N3O3S/c1-21-11-13-22(14-12-21)27(25,26)18-7-4-6-17(15-18)20(24)23-10-9-16-5-2-3-8-19(16)23/h2-8,15H,9-14H2,1H3/p+1. The van der Waals surface area contributed by atoms with Crippen LogP contribution in [0.3, 0.4) is 0 Å². The average Bonchev–Trinajstić information content (AvgIpc) is 3.12. The maximum atomic E-state index is 13.0. The van der Waals surface area contributed by atoms with Crippen LogP contribution >= 0.6 is 0 Å². The van der Waals surface area contributed by atoms with E-state index in [1.54, 1.807) is 23.1 Å². The first kappa shape index (κ1) is 18.2. The predicted octanol–water partition coefficient (Wildman–Crippen LogP) is 0.409. The number of anilines is 1. The molecular weight excluding hydrogens is 362 g/mol. The van der Waals surface area contributed by atoms with E-state index in [2.05, 4.69) is 7.05 Å². The number of carbonyl (C=O) groups is 1. The van der Waals surface area contributed by atoms with Crippen molar-refractivity contribution in [2.75, 3.05) is 44.7 Å². The number of para-hydroxylation sites is 1. The normalized spacial score (nSPS) is 18.5. The minimum Gasteiger partial charge on any atom is -0.335 e. The van der Waals surface area contributed by atoms with Crippen LogP contribution in [0.1, 0.15) is 15.9 Å². The number of piperazine rings is 1. The molecule has 0 saturated carbocycles. The minimum atomic E-state index is -3.58. The molecule has 7 heteroatoms. The number of amides is 1. The monoisotopic (exact) mass is 386 g/mol. The van der Waals surface area contributed by atoms with Crippen molar-refractivity contribution in [2.24, 2.45) is 0 Å². The van der Waals surface area contributed by atoms with E-state index in [1.807, 2.05) is 24.3 Å². The fourth-order valence-corrected chi connectivity index (χ4v) is 5.24. The van der Waals surface area contributed by atoms with Crippen molar-refractivity contribution in [3.8, 4) is 0 Å². The van der Waals surface area contributed by atoms with E-state index in [4.69, 9.17) is 0 Å². The summed E-state index contributed by atoms with van der Waals surface area (Å²) >= 11 is 0. The van der Waals surface area contributed by atoms with E-state index in [1.165, 1.54) is 15.3 Å². The second-order valence-electron chi connectivity index (χ2n) is 7.22. The number of nitrogens with zero attached hydrogens (tertiary/aromatic N) is 2. The second kappa shape index (κ2) is 7.07. The molecule has 0 aliphatic carbocycles. The molecule has 2 aromatic rings. The Bertz CT molecular complexity index is 966. The molecule has 0 spiro atoms. The Kier molecular flexibility index (Phi) is 4.75. The number of hydrogen-bond acceptors (Lipinski definition) is 3. The van der Waals surface area contributed by atoms with Crippen LogP contribution in [0, 0.1) is 0 Å². The van der Waals surface area contributed by atoms with Gasteiger partial charge in [-0.15, -0.1) is 0 Å². The van der Waals surface area contributed by atoms with Crippen molar-refractivity contribution >= 4 is 21.6 Å². The third kappa shape index (κ3) is 3.38. The lowest BCUT2D eigenvalue weighted by Gasteiger charge is -2.29. The van der Waals surface area contributed by atoms with Crippen LogP contribution in [-0.2, 0) is 16.4 Å². The summed E-state index contributed by atoms with van der Waals surface area (Å²) in [6, 6.07) is 14.3. The van der Waals surface area contributed by atoms with Gasteiger partial charge in [-0.05, 0) is 36.2 Å². The molecule has 6 nitrogen and oxygen atoms in total. The number of benzene rings is 2. The lowest BCUT2D eigenvalue weighted by molar-refractivity contribution is -0.883. The van der Waals surface area contributed by atoms with Gasteiger partial charge in [0.15, 0.2) is 0 Å². The molecular formula is C20H24N3O3S+. The highest BCUT2D eigenvalue weighted by Crippen LogP contribution is 2.29. The summed E-state index contributed by atoms with van der Waals surface area (Å²) in [5.74, 6) is -0.153. The molecule has 2 aliphatic heterocycles. The van der Waals surface area contributed by atoms with Gasteiger partial charge in [0.2, 0.25) is 10.0 Å². The topological polar surface area (TPSA) is 62.1 Å². The summed E-state index contributed by atoms with van der Waals surface area (Å²) < 4.78 is 27.5. The summed E-state index contributed by atoms with van der Waals surface area (Å²) in [6.07, 6.45) is 0.823. The molecule has 1 amide bonds. The Balaban J connectivity index is 1.60. The number of rotatable bonds is 3. The molecule has 0 radical (unpaired) electrons. The zero-order chi connectivity index (χ0) is 19.0. The number of carbonyl (C=O) groups excluding carboxylic acids is 1. The first-order valence-corrected chi connectivity index (χ1v) is 10.7. The molecule has 27 heavy (non-hydrogen) atoms. The second-order valence-corrected chi connectivity index (χ2v) is 9.16. The Morgan fingerprint density at radius 3 is 2.52 bits per heavy atom. The van der Waals surface area contributed by atoms with Crippen LogP contribution < -0.4 is 9.80 Å². The van der Waals surface area contributed by atoms with Gasteiger partial charge in [0.1, 0.15) is 0 Å². The molecule has 1 N–H and O–H groups in total. The molecule has 2 aliphatic rings. The number of hydrogen-bond donors (Lipinski definition) is 1. The van der Waals surface area contributed by atoms with Crippen LogP contribution in [0.5, 0.6) is 0 Å². The summed E-state index contributed by atoms with van der Waals surface area (Å²) in [5, 5.41) is 0. The van der Waals surface area contributed by atoms with Gasteiger partial charge in [-0.1, -0.05) is 24.3 Å². The van der Waals surface area contributed by atoms with E-state index in [9.17, 15) is 13.2 Å². The maximum Gasteiger partial charge on any atom is 0.258 e. The molecule has 4 rings (SSSR count). The zero-order valence-electron chi connectivity index (χ0n) is 15.4. The summed E-state index contributed by atoms with van der Waals surface area (Å²) in [7, 11) is -1.51. The number of likely N-dealkylation sites (N-methyl/N-ethyl adjacent to an activating group) is 1. The molecule has 0 bridgehead atoms. The van der Waals surface area contributed by atoms with Crippen molar-refractivity contribution in [3.05, 3.63) is 59.7 Å². The molecule has 0 unspecified atom stereocenters. The van der Waals surface area contributed by atoms with Crippen LogP contribution in [0.25, 0.3) is 0 Å². The van der Waals surface area contributed by atoms with Gasteiger partial charge < -0.3 is 9.80 Å². The van der Waals surface area contributed by atoms with Crippen molar-refractivity contribution in [3.63, 3.8) is 0 Å². The van der Waals surface area contributed by atoms with E-state index >= 15 is 0 Å². The summed E-state index contributed by atoms with van der Waals surface area (Å²) in [5.41, 5.74) is 2.47. The third-order valence-electron chi connectivity index (χ3n) is 5.43. The van der Waals surface area contributed by atoms with Crippen molar-refractivity contribution in [1.29, 1.82) is 0 Å². The molecule has 0 atom stereocenters. The molecule has 2 heterocycles. The van der Waals surface area contributed by atoms with Gasteiger partial charge in [-0.2, -0.15) is 4.31 Å². The highest BCUT2D eigenvalue weighted by molar-refractivity contribution is 7.89. The zero-order valence-corrected chi connectivity index (χ0v) is 16.2. The van der Waals surface area contributed by atoms with Gasteiger partial charge in [-0.3, -0.25) is 4.79 Å². The van der Waals surface area contributed by atoms with E-state index in [0.29, 0.717) is 25.2 Å². The lowest BCUT2D eigenvalue weighted by atomic mass is 10.1. The van der Waals surface area contributed by atoms with E-state index in [0.717, 1.165) is 30.8 Å². The number of nitrogens with one attached hydrogen (secondary N) is 1. The van der Waals surface area contributed by atoms with E-state index < -0.39 is 10.0 Å². The molecule has 0 aromatic heterocycles. The van der Waals surface area contributed by atoms with Crippen molar-refractivity contribution < 1.29 is 18.1 Å². The molecule has 1 fully saturated rings. The van der Waals surface area contributed by atoms with Gasteiger partial charge in [0, 0.05) is 17.8 Å². The Labute approximate surface area is 160 Å². The number of quaternary nitrogens is 1. The van der Waals surface area contributed by atoms with Gasteiger partial charge >= 0.3 is 0 Å². The van der Waals surface area contributed by atoms with E-state index in [-0.39, 0.29) is 10.8 Å². The Morgan fingerprint density at radius 1 is 1.00 bits per heavy atom. The SMILES string of the molecule is C[NH+]1CCN(S(=O)(=O)c2cccc(C(=O)N3CCc4ccccc43)c2)CC1. The summed E-state index contributed by atoms with van der Waals surface area (Å²) in [4.78, 5) is 16.3. The average molecular weight is 386 g/mol. The van der Waals surface area contributed by atoms with Crippen molar-refractivity contribution in [2.45, 2.75) is 11.3 Å². The minimum absolute atomic E-state index is 0.153. The first-order valence-electron chi connectivity index (χ1n) is 9.28. The van der Waals surface area contributed by atoms with Crippen LogP contribution in [0.4, 0.5) is 5.69 Å². The van der Waals surface area contributed by atoms with Crippen LogP contribution in [0.2, 0.25) is 0 Å². The highest BCUT2D eigenvalue weighted by atomic mass is 32.2. The smallest absolute Gasteiger partial charge is 0.258 e. The maximum absolute atomic E-state index is 13.0. The number of sulfonamides is 1. The molecule has 1 saturated heterocycles. The van der Waals surface area contributed by atoms with Crippen LogP contribution in [-0.4, -0.2) is 58.4 Å². The van der Waals surface area contributed by atoms with Gasteiger partial charge in [0.05, 0.1) is 38.1 Å². The summed E-state index contributed by atoms with van der Waals surface area (Å²) in [6.45, 7) is 3.22. The number of fused-ring (bicyclic) bond motifs is 1. The van der Waals surface area contributed by atoms with Crippen LogP contribution in [0.15, 0.2) is 53.4 Å². The molecule has 142 valence electrons. The Morgan fingerprint density at radius 2 is 1.74 bits per heavy atom. The fourth-order valence-electron chi connectivity index (χ4n) is 3.75. The van der Waals surface area contributed by atoms with Crippen molar-refractivity contribution in [1.82, 2.24) is 4.31 Å². The Hall–Kier alpha value is -2.22. The first-order chi connectivity index (χ1) is 13.0. The lowest BCUT2D eigenvalue weighted by Crippen LogP contribution is -3.12. The van der Waals surface area contributed by atoms with Gasteiger partial charge in [0.25, 0.3) is 5.91 Å².